The van der Waals surface area contributed by atoms with Crippen LogP contribution in [0.4, 0.5) is 5.82 Å². The lowest BCUT2D eigenvalue weighted by atomic mass is 10.2. The molecule has 2 heterocycles. The van der Waals surface area contributed by atoms with Crippen molar-refractivity contribution >= 4 is 16.7 Å². The van der Waals surface area contributed by atoms with E-state index in [-0.39, 0.29) is 17.5 Å². The summed E-state index contributed by atoms with van der Waals surface area (Å²) < 4.78 is 7.72. The number of nitrogens with one attached hydrogen (secondary N) is 1. The van der Waals surface area contributed by atoms with Gasteiger partial charge in [0, 0.05) is 23.8 Å². The lowest BCUT2D eigenvalue weighted by Gasteiger charge is -2.23. The van der Waals surface area contributed by atoms with Gasteiger partial charge in [-0.05, 0) is 47.6 Å². The summed E-state index contributed by atoms with van der Waals surface area (Å²) in [5.74, 6) is 1.25. The molecule has 2 aromatic rings. The van der Waals surface area contributed by atoms with E-state index < -0.39 is 0 Å². The number of hydrogen-bond donors (Lipinski definition) is 1. The van der Waals surface area contributed by atoms with Crippen LogP contribution in [0, 0.1) is 6.92 Å². The van der Waals surface area contributed by atoms with Gasteiger partial charge in [-0.1, -0.05) is 0 Å². The Kier molecular flexibility index (Phi) is 4.74. The molecule has 0 unspecified atom stereocenters. The van der Waals surface area contributed by atoms with Crippen molar-refractivity contribution in [3.8, 4) is 5.88 Å². The highest BCUT2D eigenvalue weighted by molar-refractivity contribution is 5.86. The summed E-state index contributed by atoms with van der Waals surface area (Å²) in [5.41, 5.74) is 1.64. The average Bonchev–Trinajstić information content (AvgIpc) is 2.36. The molecule has 2 rings (SSSR count). The third-order valence-electron chi connectivity index (χ3n) is 3.36. The molecule has 22 heavy (non-hydrogen) atoms. The molecule has 5 heteroatoms. The van der Waals surface area contributed by atoms with E-state index >= 15 is 0 Å². The number of aromatic nitrogens is 2. The van der Waals surface area contributed by atoms with Gasteiger partial charge in [0.15, 0.2) is 5.43 Å². The third kappa shape index (κ3) is 3.08. The molecule has 0 saturated carbocycles. The van der Waals surface area contributed by atoms with Gasteiger partial charge < -0.3 is 14.6 Å². The van der Waals surface area contributed by atoms with Crippen molar-refractivity contribution in [1.82, 2.24) is 9.55 Å². The minimum Gasteiger partial charge on any atom is -0.477 e. The van der Waals surface area contributed by atoms with Crippen molar-refractivity contribution in [3.05, 3.63) is 28.0 Å². The molecule has 0 atom stereocenters. The van der Waals surface area contributed by atoms with Crippen LogP contribution in [0.1, 0.15) is 46.4 Å². The molecular weight excluding hydrogens is 278 g/mol. The van der Waals surface area contributed by atoms with Crippen LogP contribution in [0.5, 0.6) is 5.88 Å². The van der Waals surface area contributed by atoms with Gasteiger partial charge in [0.1, 0.15) is 11.2 Å². The van der Waals surface area contributed by atoms with Gasteiger partial charge in [-0.15, -0.1) is 0 Å². The Morgan fingerprint density at radius 2 is 1.95 bits per heavy atom. The van der Waals surface area contributed by atoms with Crippen LogP contribution in [0.3, 0.4) is 0 Å². The lowest BCUT2D eigenvalue weighted by Crippen LogP contribution is -2.21. The van der Waals surface area contributed by atoms with E-state index in [1.54, 1.807) is 6.07 Å². The molecule has 5 nitrogen and oxygen atoms in total. The van der Waals surface area contributed by atoms with Crippen LogP contribution in [0.2, 0.25) is 0 Å². The number of anilines is 1. The van der Waals surface area contributed by atoms with Crippen LogP contribution in [-0.4, -0.2) is 22.2 Å². The number of fused-ring (bicyclic) bond motifs is 1. The normalized spacial score (nSPS) is 11.5. The van der Waals surface area contributed by atoms with E-state index in [4.69, 9.17) is 4.74 Å². The fraction of sp³-hybridized carbons (Fsp3) is 0.529. The quantitative estimate of drug-likeness (QED) is 0.918. The van der Waals surface area contributed by atoms with Crippen LogP contribution < -0.4 is 15.5 Å². The zero-order valence-electron chi connectivity index (χ0n) is 14.2. The molecule has 2 aromatic heterocycles. The SMILES string of the molecule is CCOc1nc(C)cc2c1c(=O)cc(NC(C)C)n2C(C)C. The standard InChI is InChI=1S/C17H25N3O2/c1-7-22-17-16-13(8-12(6)19-17)20(11(4)5)15(9-14(16)21)18-10(2)3/h8-11,18H,7H2,1-6H3. The van der Waals surface area contributed by atoms with Gasteiger partial charge in [0.2, 0.25) is 5.88 Å². The fourth-order valence-corrected chi connectivity index (χ4v) is 2.65. The number of hydrogen-bond acceptors (Lipinski definition) is 4. The molecule has 0 aromatic carbocycles. The second-order valence-corrected chi connectivity index (χ2v) is 6.05. The van der Waals surface area contributed by atoms with Crippen LogP contribution in [-0.2, 0) is 0 Å². The molecule has 1 N–H and O–H groups in total. The number of nitrogens with zero attached hydrogens (tertiary/aromatic N) is 2. The zero-order chi connectivity index (χ0) is 16.4. The van der Waals surface area contributed by atoms with Gasteiger partial charge in [0.25, 0.3) is 0 Å². The number of aryl methyl sites for hydroxylation is 1. The molecule has 0 aliphatic carbocycles. The molecule has 0 saturated heterocycles. The first kappa shape index (κ1) is 16.3. The van der Waals surface area contributed by atoms with E-state index in [2.05, 4.69) is 42.6 Å². The van der Waals surface area contributed by atoms with Crippen LogP contribution >= 0.6 is 0 Å². The number of ether oxygens (including phenoxy) is 1. The van der Waals surface area contributed by atoms with Crippen molar-refractivity contribution < 1.29 is 4.74 Å². The molecule has 0 aliphatic rings. The first-order valence-electron chi connectivity index (χ1n) is 7.81. The topological polar surface area (TPSA) is 56.1 Å². The summed E-state index contributed by atoms with van der Waals surface area (Å²) in [5, 5.41) is 3.91. The lowest BCUT2D eigenvalue weighted by molar-refractivity contribution is 0.330. The highest BCUT2D eigenvalue weighted by Gasteiger charge is 2.17. The van der Waals surface area contributed by atoms with E-state index in [9.17, 15) is 4.79 Å². The van der Waals surface area contributed by atoms with Gasteiger partial charge in [-0.25, -0.2) is 4.98 Å². The Hall–Kier alpha value is -2.04. The Morgan fingerprint density at radius 3 is 2.50 bits per heavy atom. The Morgan fingerprint density at radius 1 is 1.27 bits per heavy atom. The molecule has 0 fully saturated rings. The van der Waals surface area contributed by atoms with Crippen molar-refractivity contribution in [2.75, 3.05) is 11.9 Å². The summed E-state index contributed by atoms with van der Waals surface area (Å²) in [4.78, 5) is 17.0. The summed E-state index contributed by atoms with van der Waals surface area (Å²) in [6.45, 7) is 12.6. The van der Waals surface area contributed by atoms with Gasteiger partial charge >= 0.3 is 0 Å². The minimum absolute atomic E-state index is 0.0639. The zero-order valence-corrected chi connectivity index (χ0v) is 14.2. The molecule has 0 radical (unpaired) electrons. The summed E-state index contributed by atoms with van der Waals surface area (Å²) >= 11 is 0. The van der Waals surface area contributed by atoms with E-state index in [1.807, 2.05) is 19.9 Å². The minimum atomic E-state index is -0.0639. The van der Waals surface area contributed by atoms with Crippen LogP contribution in [0.25, 0.3) is 10.9 Å². The van der Waals surface area contributed by atoms with E-state index in [0.717, 1.165) is 17.0 Å². The fourth-order valence-electron chi connectivity index (χ4n) is 2.65. The van der Waals surface area contributed by atoms with Crippen molar-refractivity contribution in [1.29, 1.82) is 0 Å². The maximum absolute atomic E-state index is 12.6. The molecule has 0 bridgehead atoms. The molecular formula is C17H25N3O2. The van der Waals surface area contributed by atoms with E-state index in [0.29, 0.717) is 17.9 Å². The maximum atomic E-state index is 12.6. The Bertz CT molecular complexity index is 733. The van der Waals surface area contributed by atoms with Crippen molar-refractivity contribution in [3.63, 3.8) is 0 Å². The predicted molar refractivity (Wildman–Crippen MR) is 91.1 cm³/mol. The van der Waals surface area contributed by atoms with Gasteiger partial charge in [-0.3, -0.25) is 4.79 Å². The monoisotopic (exact) mass is 303 g/mol. The molecule has 0 amide bonds. The van der Waals surface area contributed by atoms with Crippen molar-refractivity contribution in [2.24, 2.45) is 0 Å². The van der Waals surface area contributed by atoms with Crippen LogP contribution in [0.15, 0.2) is 16.9 Å². The average molecular weight is 303 g/mol. The summed E-state index contributed by atoms with van der Waals surface area (Å²) in [6.07, 6.45) is 0. The Labute approximate surface area is 131 Å². The highest BCUT2D eigenvalue weighted by atomic mass is 16.5. The molecule has 0 aliphatic heterocycles. The van der Waals surface area contributed by atoms with E-state index in [1.165, 1.54) is 0 Å². The summed E-state index contributed by atoms with van der Waals surface area (Å²) in [7, 11) is 0. The maximum Gasteiger partial charge on any atom is 0.227 e. The van der Waals surface area contributed by atoms with Gasteiger partial charge in [0.05, 0.1) is 12.1 Å². The first-order valence-corrected chi connectivity index (χ1v) is 7.81. The van der Waals surface area contributed by atoms with Gasteiger partial charge in [-0.2, -0.15) is 0 Å². The molecule has 120 valence electrons. The number of rotatable bonds is 5. The Balaban J connectivity index is 2.87. The second kappa shape index (κ2) is 6.38. The molecule has 0 spiro atoms. The first-order chi connectivity index (χ1) is 10.3. The third-order valence-corrected chi connectivity index (χ3v) is 3.36. The highest BCUT2D eigenvalue weighted by Crippen LogP contribution is 2.27. The summed E-state index contributed by atoms with van der Waals surface area (Å²) in [6, 6.07) is 4.05. The smallest absolute Gasteiger partial charge is 0.227 e. The van der Waals surface area contributed by atoms with Crippen molar-refractivity contribution in [2.45, 2.75) is 53.6 Å². The predicted octanol–water partition coefficient (Wildman–Crippen LogP) is 3.50. The second-order valence-electron chi connectivity index (χ2n) is 6.05. The number of pyridine rings is 2. The largest absolute Gasteiger partial charge is 0.477 e.